The number of carbonyl (C=O) groups is 3. The third kappa shape index (κ3) is 3.14. The van der Waals surface area contributed by atoms with Crippen molar-refractivity contribution < 1.29 is 18.8 Å². The quantitative estimate of drug-likeness (QED) is 0.865. The number of benzene rings is 2. The van der Waals surface area contributed by atoms with Crippen LogP contribution >= 0.6 is 11.6 Å². The van der Waals surface area contributed by atoms with Crippen molar-refractivity contribution >= 4 is 35.0 Å². The molecule has 1 heterocycles. The Labute approximate surface area is 142 Å². The fraction of sp³-hybridized carbons (Fsp3) is 0.118. The first-order valence-corrected chi connectivity index (χ1v) is 7.54. The molecule has 7 heteroatoms. The zero-order chi connectivity index (χ0) is 17.3. The Morgan fingerprint density at radius 3 is 2.42 bits per heavy atom. The largest absolute Gasteiger partial charge is 0.326 e. The van der Waals surface area contributed by atoms with Crippen LogP contribution in [-0.4, -0.2) is 29.2 Å². The van der Waals surface area contributed by atoms with E-state index in [1.165, 1.54) is 42.5 Å². The summed E-state index contributed by atoms with van der Waals surface area (Å²) < 4.78 is 12.8. The lowest BCUT2D eigenvalue weighted by Crippen LogP contribution is -2.32. The summed E-state index contributed by atoms with van der Waals surface area (Å²) in [6, 6.07) is 9.78. The van der Waals surface area contributed by atoms with Gasteiger partial charge in [0.2, 0.25) is 5.91 Å². The molecule has 2 aromatic carbocycles. The zero-order valence-electron chi connectivity index (χ0n) is 12.4. The summed E-state index contributed by atoms with van der Waals surface area (Å²) >= 11 is 5.84. The molecule has 1 aliphatic heterocycles. The smallest absolute Gasteiger partial charge is 0.261 e. The van der Waals surface area contributed by atoms with Gasteiger partial charge in [-0.2, -0.15) is 0 Å². The van der Waals surface area contributed by atoms with E-state index in [2.05, 4.69) is 5.32 Å². The van der Waals surface area contributed by atoms with Crippen LogP contribution in [0.15, 0.2) is 42.5 Å². The molecule has 0 bridgehead atoms. The van der Waals surface area contributed by atoms with Crippen molar-refractivity contribution in [1.82, 2.24) is 4.90 Å². The molecule has 24 heavy (non-hydrogen) atoms. The first-order valence-electron chi connectivity index (χ1n) is 7.17. The maximum Gasteiger partial charge on any atom is 0.261 e. The Hall–Kier alpha value is -2.73. The van der Waals surface area contributed by atoms with E-state index in [4.69, 9.17) is 11.6 Å². The number of fused-ring (bicyclic) bond motifs is 1. The van der Waals surface area contributed by atoms with Crippen LogP contribution in [0, 0.1) is 5.82 Å². The number of rotatable bonds is 4. The average molecular weight is 347 g/mol. The van der Waals surface area contributed by atoms with E-state index in [0.29, 0.717) is 10.7 Å². The average Bonchev–Trinajstić information content (AvgIpc) is 2.78. The molecule has 5 nitrogen and oxygen atoms in total. The van der Waals surface area contributed by atoms with Crippen molar-refractivity contribution in [3.05, 3.63) is 64.4 Å². The van der Waals surface area contributed by atoms with Crippen LogP contribution in [0.3, 0.4) is 0 Å². The summed E-state index contributed by atoms with van der Waals surface area (Å²) in [6.07, 6.45) is -0.0590. The molecule has 3 amide bonds. The van der Waals surface area contributed by atoms with Crippen molar-refractivity contribution in [2.45, 2.75) is 6.42 Å². The van der Waals surface area contributed by atoms with Gasteiger partial charge < -0.3 is 5.32 Å². The second-order valence-electron chi connectivity index (χ2n) is 5.26. The molecule has 3 rings (SSSR count). The number of anilines is 1. The third-order valence-electron chi connectivity index (χ3n) is 3.62. The van der Waals surface area contributed by atoms with Gasteiger partial charge in [0.05, 0.1) is 11.1 Å². The van der Waals surface area contributed by atoms with E-state index in [9.17, 15) is 18.8 Å². The topological polar surface area (TPSA) is 66.5 Å². The Bertz CT molecular complexity index is 836. The summed E-state index contributed by atoms with van der Waals surface area (Å²) in [4.78, 5) is 37.4. The number of nitrogens with one attached hydrogen (secondary N) is 1. The lowest BCUT2D eigenvalue weighted by molar-refractivity contribution is -0.116. The minimum Gasteiger partial charge on any atom is -0.326 e. The van der Waals surface area contributed by atoms with Gasteiger partial charge in [-0.25, -0.2) is 4.39 Å². The molecule has 0 spiro atoms. The lowest BCUT2D eigenvalue weighted by Gasteiger charge is -2.13. The van der Waals surface area contributed by atoms with Gasteiger partial charge in [0, 0.05) is 23.7 Å². The van der Waals surface area contributed by atoms with Crippen LogP contribution in [0.25, 0.3) is 0 Å². The van der Waals surface area contributed by atoms with Crippen LogP contribution in [-0.2, 0) is 4.79 Å². The molecule has 0 aromatic heterocycles. The zero-order valence-corrected chi connectivity index (χ0v) is 13.1. The van der Waals surface area contributed by atoms with Gasteiger partial charge in [-0.3, -0.25) is 19.3 Å². The first kappa shape index (κ1) is 16.1. The predicted octanol–water partition coefficient (Wildman–Crippen LogP) is 3.10. The van der Waals surface area contributed by atoms with Gasteiger partial charge in [0.25, 0.3) is 11.8 Å². The molecule has 0 saturated carbocycles. The molecule has 0 unspecified atom stereocenters. The highest BCUT2D eigenvalue weighted by atomic mass is 35.5. The first-order chi connectivity index (χ1) is 11.5. The van der Waals surface area contributed by atoms with E-state index < -0.39 is 17.6 Å². The predicted molar refractivity (Wildman–Crippen MR) is 86.5 cm³/mol. The van der Waals surface area contributed by atoms with Gasteiger partial charge in [-0.1, -0.05) is 11.6 Å². The van der Waals surface area contributed by atoms with Crippen LogP contribution in [0.1, 0.15) is 27.1 Å². The Morgan fingerprint density at radius 2 is 1.71 bits per heavy atom. The summed E-state index contributed by atoms with van der Waals surface area (Å²) in [5.74, 6) is -1.69. The normalized spacial score (nSPS) is 13.2. The van der Waals surface area contributed by atoms with Crippen molar-refractivity contribution in [3.8, 4) is 0 Å². The molecule has 0 aliphatic carbocycles. The third-order valence-corrected chi connectivity index (χ3v) is 3.86. The van der Waals surface area contributed by atoms with Gasteiger partial charge in [-0.05, 0) is 42.5 Å². The monoisotopic (exact) mass is 346 g/mol. The molecule has 0 atom stereocenters. The maximum atomic E-state index is 12.8. The van der Waals surface area contributed by atoms with Gasteiger partial charge >= 0.3 is 0 Å². The fourth-order valence-corrected chi connectivity index (χ4v) is 2.61. The summed E-state index contributed by atoms with van der Waals surface area (Å²) in [6.45, 7) is -0.0446. The number of hydrogen-bond acceptors (Lipinski definition) is 3. The number of carbonyl (C=O) groups excluding carboxylic acids is 3. The van der Waals surface area contributed by atoms with Crippen LogP contribution in [0.2, 0.25) is 5.02 Å². The number of nitrogens with zero attached hydrogens (tertiary/aromatic N) is 1. The Balaban J connectivity index is 1.63. The summed E-state index contributed by atoms with van der Waals surface area (Å²) in [7, 11) is 0. The molecule has 1 N–H and O–H groups in total. The summed E-state index contributed by atoms with van der Waals surface area (Å²) in [5, 5.41) is 2.94. The fourth-order valence-electron chi connectivity index (χ4n) is 2.44. The van der Waals surface area contributed by atoms with Crippen molar-refractivity contribution in [2.75, 3.05) is 11.9 Å². The Kier molecular flexibility index (Phi) is 4.31. The van der Waals surface area contributed by atoms with E-state index in [0.717, 1.165) is 4.90 Å². The highest BCUT2D eigenvalue weighted by molar-refractivity contribution is 6.32. The minimum atomic E-state index is -0.466. The highest BCUT2D eigenvalue weighted by Gasteiger charge is 2.35. The Morgan fingerprint density at radius 1 is 1.04 bits per heavy atom. The molecule has 0 fully saturated rings. The highest BCUT2D eigenvalue weighted by Crippen LogP contribution is 2.25. The van der Waals surface area contributed by atoms with E-state index in [1.54, 1.807) is 0 Å². The van der Waals surface area contributed by atoms with E-state index in [-0.39, 0.29) is 30.0 Å². The standard InChI is InChI=1S/C17H12ClFN2O3/c18-10-1-6-13-14(9-10)17(24)21(16(13)23)8-7-15(22)20-12-4-2-11(19)3-5-12/h1-6,9H,7-8H2,(H,20,22). The number of amides is 3. The van der Waals surface area contributed by atoms with E-state index >= 15 is 0 Å². The lowest BCUT2D eigenvalue weighted by atomic mass is 10.1. The number of halogens is 2. The van der Waals surface area contributed by atoms with E-state index in [1.807, 2.05) is 0 Å². The van der Waals surface area contributed by atoms with Gasteiger partial charge in [-0.15, -0.1) is 0 Å². The van der Waals surface area contributed by atoms with Crippen LogP contribution in [0.5, 0.6) is 0 Å². The molecular weight excluding hydrogens is 335 g/mol. The van der Waals surface area contributed by atoms with Gasteiger partial charge in [0.1, 0.15) is 5.82 Å². The maximum absolute atomic E-state index is 12.8. The molecule has 122 valence electrons. The number of imide groups is 1. The van der Waals surface area contributed by atoms with Crippen LogP contribution < -0.4 is 5.32 Å². The SMILES string of the molecule is O=C(CCN1C(=O)c2ccc(Cl)cc2C1=O)Nc1ccc(F)cc1. The van der Waals surface area contributed by atoms with Crippen LogP contribution in [0.4, 0.5) is 10.1 Å². The van der Waals surface area contributed by atoms with Crippen molar-refractivity contribution in [1.29, 1.82) is 0 Å². The van der Waals surface area contributed by atoms with Gasteiger partial charge in [0.15, 0.2) is 0 Å². The minimum absolute atomic E-state index is 0.0446. The second-order valence-corrected chi connectivity index (χ2v) is 5.69. The van der Waals surface area contributed by atoms with Crippen molar-refractivity contribution in [2.24, 2.45) is 0 Å². The van der Waals surface area contributed by atoms with Crippen molar-refractivity contribution in [3.63, 3.8) is 0 Å². The number of hydrogen-bond donors (Lipinski definition) is 1. The molecule has 0 radical (unpaired) electrons. The molecule has 0 saturated heterocycles. The summed E-state index contributed by atoms with van der Waals surface area (Å²) in [5.41, 5.74) is 0.963. The molecular formula is C17H12ClFN2O3. The molecule has 2 aromatic rings. The second kappa shape index (κ2) is 6.41. The molecule has 1 aliphatic rings.